The third kappa shape index (κ3) is 4.38. The maximum Gasteiger partial charge on any atom is 0.313 e. The molecule has 3 heterocycles. The Morgan fingerprint density at radius 2 is 2.30 bits per heavy atom. The van der Waals surface area contributed by atoms with Crippen LogP contribution in [0.4, 0.5) is 0 Å². The number of Topliss-reactive ketones (excluding diaryl/α,β-unsaturated/α-hetero) is 1. The van der Waals surface area contributed by atoms with Crippen LogP contribution >= 0.6 is 23.1 Å². The van der Waals surface area contributed by atoms with Crippen LogP contribution in [0.2, 0.25) is 0 Å². The third-order valence-corrected chi connectivity index (χ3v) is 6.36. The lowest BCUT2D eigenvalue weighted by atomic mass is 9.96. The predicted molar refractivity (Wildman–Crippen MR) is 104 cm³/mol. The van der Waals surface area contributed by atoms with E-state index < -0.39 is 5.97 Å². The Labute approximate surface area is 166 Å². The van der Waals surface area contributed by atoms with Crippen molar-refractivity contribution in [2.24, 2.45) is 0 Å². The first-order valence-corrected chi connectivity index (χ1v) is 10.4. The van der Waals surface area contributed by atoms with Crippen molar-refractivity contribution in [1.29, 1.82) is 5.26 Å². The van der Waals surface area contributed by atoms with E-state index in [0.29, 0.717) is 10.6 Å². The van der Waals surface area contributed by atoms with Gasteiger partial charge in [-0.15, -0.1) is 11.3 Å². The van der Waals surface area contributed by atoms with Gasteiger partial charge in [-0.2, -0.15) is 5.26 Å². The molecule has 2 aromatic heterocycles. The number of fused-ring (bicyclic) bond motifs is 1. The molecule has 0 aliphatic carbocycles. The summed E-state index contributed by atoms with van der Waals surface area (Å²) in [6, 6.07) is 6.29. The number of quaternary nitrogens is 1. The van der Waals surface area contributed by atoms with Crippen molar-refractivity contribution in [2.75, 3.05) is 26.5 Å². The van der Waals surface area contributed by atoms with E-state index in [-0.39, 0.29) is 18.0 Å². The summed E-state index contributed by atoms with van der Waals surface area (Å²) < 4.78 is 4.53. The van der Waals surface area contributed by atoms with Gasteiger partial charge in [-0.1, -0.05) is 17.8 Å². The van der Waals surface area contributed by atoms with Crippen LogP contribution in [0, 0.1) is 11.3 Å². The van der Waals surface area contributed by atoms with E-state index >= 15 is 0 Å². The lowest BCUT2D eigenvalue weighted by Crippen LogP contribution is -3.08. The van der Waals surface area contributed by atoms with Crippen LogP contribution in [0.5, 0.6) is 0 Å². The molecule has 1 aliphatic rings. The number of pyridine rings is 1. The highest BCUT2D eigenvalue weighted by molar-refractivity contribution is 8.00. The average molecular weight is 403 g/mol. The number of ether oxygens (including phenoxy) is 1. The van der Waals surface area contributed by atoms with Gasteiger partial charge in [-0.25, -0.2) is 4.98 Å². The minimum atomic E-state index is -0.551. The van der Waals surface area contributed by atoms with Gasteiger partial charge in [0.05, 0.1) is 37.7 Å². The van der Waals surface area contributed by atoms with E-state index in [1.165, 1.54) is 23.8 Å². The lowest BCUT2D eigenvalue weighted by molar-refractivity contribution is -0.895. The number of thiophene rings is 1. The number of rotatable bonds is 6. The second kappa shape index (κ2) is 8.65. The quantitative estimate of drug-likeness (QED) is 0.448. The van der Waals surface area contributed by atoms with Crippen molar-refractivity contribution in [2.45, 2.75) is 24.4 Å². The molecule has 0 amide bonds. The standard InChI is InChI=1S/C19H19N3O3S2/c1-22-6-5-15-14(10-22)18(16-4-3-7-26-16)13(9-20)19(21-15)27-11-12(23)8-17(24)25-2/h3-4,7H,5-6,8,10-11H2,1-2H3/p+1. The highest BCUT2D eigenvalue weighted by Crippen LogP contribution is 2.37. The fraction of sp³-hybridized carbons (Fsp3) is 0.368. The topological polar surface area (TPSA) is 84.5 Å². The summed E-state index contributed by atoms with van der Waals surface area (Å²) >= 11 is 2.82. The Bertz CT molecular complexity index is 904. The van der Waals surface area contributed by atoms with Gasteiger partial charge in [0.15, 0.2) is 5.78 Å². The molecule has 0 fully saturated rings. The van der Waals surface area contributed by atoms with Gasteiger partial charge in [0.2, 0.25) is 0 Å². The Morgan fingerprint density at radius 1 is 1.48 bits per heavy atom. The number of carbonyl (C=O) groups is 2. The highest BCUT2D eigenvalue weighted by atomic mass is 32.2. The first-order chi connectivity index (χ1) is 13.0. The summed E-state index contributed by atoms with van der Waals surface area (Å²) in [7, 11) is 3.40. The number of likely N-dealkylation sites (N-methyl/N-ethyl adjacent to an activating group) is 1. The Morgan fingerprint density at radius 3 is 2.96 bits per heavy atom. The zero-order chi connectivity index (χ0) is 19.4. The molecule has 0 spiro atoms. The van der Waals surface area contributed by atoms with Gasteiger partial charge in [0, 0.05) is 22.4 Å². The molecule has 8 heteroatoms. The Kier molecular flexibility index (Phi) is 6.26. The molecule has 1 unspecified atom stereocenters. The zero-order valence-corrected chi connectivity index (χ0v) is 16.8. The molecule has 3 rings (SSSR count). The number of nitrogens with zero attached hydrogens (tertiary/aromatic N) is 2. The smallest absolute Gasteiger partial charge is 0.313 e. The van der Waals surface area contributed by atoms with Crippen molar-refractivity contribution in [3.8, 4) is 16.5 Å². The summed E-state index contributed by atoms with van der Waals surface area (Å²) in [5, 5.41) is 12.4. The van der Waals surface area contributed by atoms with Crippen LogP contribution in [0.1, 0.15) is 23.2 Å². The number of methoxy groups -OCH3 is 1. The molecule has 27 heavy (non-hydrogen) atoms. The fourth-order valence-corrected chi connectivity index (χ4v) is 4.77. The molecular weight excluding hydrogens is 382 g/mol. The molecule has 0 saturated heterocycles. The van der Waals surface area contributed by atoms with Crippen molar-refractivity contribution < 1.29 is 19.2 Å². The van der Waals surface area contributed by atoms with Crippen molar-refractivity contribution in [3.63, 3.8) is 0 Å². The summed E-state index contributed by atoms with van der Waals surface area (Å²) in [5.74, 6) is -0.702. The SMILES string of the molecule is COC(=O)CC(=O)CSc1nc2c(c(-c3cccs3)c1C#N)C[NH+](C)CC2. The molecule has 2 aromatic rings. The Hall–Kier alpha value is -2.21. The second-order valence-electron chi connectivity index (χ2n) is 6.40. The molecule has 0 bridgehead atoms. The fourth-order valence-electron chi connectivity index (χ4n) is 3.10. The summed E-state index contributed by atoms with van der Waals surface area (Å²) in [6.07, 6.45) is 0.581. The van der Waals surface area contributed by atoms with Crippen molar-refractivity contribution in [1.82, 2.24) is 4.98 Å². The van der Waals surface area contributed by atoms with Crippen LogP contribution in [0.15, 0.2) is 22.5 Å². The van der Waals surface area contributed by atoms with Crippen molar-refractivity contribution >= 4 is 34.9 Å². The monoisotopic (exact) mass is 402 g/mol. The second-order valence-corrected chi connectivity index (χ2v) is 8.31. The van der Waals surface area contributed by atoms with E-state index in [0.717, 1.165) is 41.2 Å². The maximum absolute atomic E-state index is 12.0. The molecule has 6 nitrogen and oxygen atoms in total. The van der Waals surface area contributed by atoms with Gasteiger partial charge in [0.25, 0.3) is 0 Å². The number of ketones is 1. The van der Waals surface area contributed by atoms with E-state index in [1.54, 1.807) is 11.3 Å². The molecular formula is C19H20N3O3S2+. The van der Waals surface area contributed by atoms with Crippen LogP contribution in [0.3, 0.4) is 0 Å². The normalized spacial score (nSPS) is 15.7. The van der Waals surface area contributed by atoms with Crippen LogP contribution < -0.4 is 4.90 Å². The van der Waals surface area contributed by atoms with E-state index in [2.05, 4.69) is 17.9 Å². The molecule has 0 saturated carbocycles. The number of esters is 1. The highest BCUT2D eigenvalue weighted by Gasteiger charge is 2.27. The first kappa shape index (κ1) is 19.5. The molecule has 0 aromatic carbocycles. The molecule has 1 atom stereocenters. The number of thioether (sulfide) groups is 1. The van der Waals surface area contributed by atoms with Gasteiger partial charge in [0.1, 0.15) is 24.1 Å². The molecule has 1 aliphatic heterocycles. The summed E-state index contributed by atoms with van der Waals surface area (Å²) in [4.78, 5) is 30.4. The van der Waals surface area contributed by atoms with Gasteiger partial charge >= 0.3 is 5.97 Å². The molecule has 140 valence electrons. The number of hydrogen-bond donors (Lipinski definition) is 1. The lowest BCUT2D eigenvalue weighted by Gasteiger charge is -2.25. The number of carbonyl (C=O) groups excluding carboxylic acids is 2. The van der Waals surface area contributed by atoms with E-state index in [4.69, 9.17) is 4.98 Å². The van der Waals surface area contributed by atoms with Gasteiger partial charge in [-0.3, -0.25) is 9.59 Å². The van der Waals surface area contributed by atoms with Crippen LogP contribution in [-0.2, 0) is 27.3 Å². The predicted octanol–water partition coefficient (Wildman–Crippen LogP) is 1.48. The average Bonchev–Trinajstić information content (AvgIpc) is 3.19. The maximum atomic E-state index is 12.0. The minimum absolute atomic E-state index is 0.0879. The first-order valence-electron chi connectivity index (χ1n) is 8.55. The molecule has 1 N–H and O–H groups in total. The van der Waals surface area contributed by atoms with Gasteiger partial charge < -0.3 is 9.64 Å². The molecule has 0 radical (unpaired) electrons. The van der Waals surface area contributed by atoms with Crippen LogP contribution in [0.25, 0.3) is 10.4 Å². The van der Waals surface area contributed by atoms with Gasteiger partial charge in [-0.05, 0) is 11.4 Å². The minimum Gasteiger partial charge on any atom is -0.469 e. The number of nitriles is 1. The zero-order valence-electron chi connectivity index (χ0n) is 15.2. The third-order valence-electron chi connectivity index (χ3n) is 4.44. The number of hydrogen-bond acceptors (Lipinski definition) is 7. The summed E-state index contributed by atoms with van der Waals surface area (Å²) in [5.41, 5.74) is 3.59. The van der Waals surface area contributed by atoms with Crippen LogP contribution in [-0.4, -0.2) is 43.2 Å². The number of nitrogens with one attached hydrogen (secondary N) is 1. The summed E-state index contributed by atoms with van der Waals surface area (Å²) in [6.45, 7) is 1.82. The number of aromatic nitrogens is 1. The Balaban J connectivity index is 1.98. The largest absolute Gasteiger partial charge is 0.469 e. The van der Waals surface area contributed by atoms with Crippen molar-refractivity contribution in [3.05, 3.63) is 34.3 Å². The van der Waals surface area contributed by atoms with E-state index in [1.807, 2.05) is 17.5 Å². The van der Waals surface area contributed by atoms with E-state index in [9.17, 15) is 14.9 Å².